The second-order valence-electron chi connectivity index (χ2n) is 6.83. The molecule has 0 amide bonds. The Labute approximate surface area is 154 Å². The minimum absolute atomic E-state index is 0.00216. The van der Waals surface area contributed by atoms with Gasteiger partial charge in [0.2, 0.25) is 0 Å². The summed E-state index contributed by atoms with van der Waals surface area (Å²) in [5.74, 6) is 1.23. The summed E-state index contributed by atoms with van der Waals surface area (Å²) in [6.45, 7) is 0.303. The van der Waals surface area contributed by atoms with Gasteiger partial charge in [0.15, 0.2) is 23.6 Å². The SMILES string of the molecule is OC[C@@H]1OC(n2cnc3c2N=CN2C[C@@H](c4ccccc4)N=C32)[C@@H](O)[C@H]1O. The summed E-state index contributed by atoms with van der Waals surface area (Å²) in [4.78, 5) is 15.7. The molecular formula is C18H19N5O4. The van der Waals surface area contributed by atoms with Crippen molar-refractivity contribution in [3.05, 3.63) is 47.9 Å². The van der Waals surface area contributed by atoms with Crippen molar-refractivity contribution >= 4 is 18.0 Å². The van der Waals surface area contributed by atoms with Gasteiger partial charge in [0, 0.05) is 0 Å². The van der Waals surface area contributed by atoms with Gasteiger partial charge in [0.05, 0.1) is 31.9 Å². The molecule has 2 aromatic rings. The van der Waals surface area contributed by atoms with Crippen molar-refractivity contribution in [1.82, 2.24) is 14.5 Å². The van der Waals surface area contributed by atoms with Crippen molar-refractivity contribution in [2.75, 3.05) is 13.2 Å². The van der Waals surface area contributed by atoms with Gasteiger partial charge in [-0.15, -0.1) is 0 Å². The Morgan fingerprint density at radius 1 is 1.15 bits per heavy atom. The molecule has 27 heavy (non-hydrogen) atoms. The van der Waals surface area contributed by atoms with E-state index in [1.165, 1.54) is 6.33 Å². The number of aliphatic imine (C=N–C) groups is 2. The maximum atomic E-state index is 10.3. The van der Waals surface area contributed by atoms with Gasteiger partial charge in [-0.2, -0.15) is 0 Å². The van der Waals surface area contributed by atoms with Crippen LogP contribution in [-0.2, 0) is 4.74 Å². The zero-order valence-corrected chi connectivity index (χ0v) is 14.3. The first kappa shape index (κ1) is 16.6. The molecule has 3 aliphatic heterocycles. The molecule has 0 aliphatic carbocycles. The third-order valence-corrected chi connectivity index (χ3v) is 5.19. The van der Waals surface area contributed by atoms with Crippen LogP contribution >= 0.6 is 0 Å². The lowest BCUT2D eigenvalue weighted by atomic mass is 10.1. The first-order chi connectivity index (χ1) is 13.2. The molecule has 9 heteroatoms. The van der Waals surface area contributed by atoms with E-state index < -0.39 is 24.5 Å². The van der Waals surface area contributed by atoms with E-state index in [4.69, 9.17) is 9.73 Å². The van der Waals surface area contributed by atoms with Crippen molar-refractivity contribution in [1.29, 1.82) is 0 Å². The molecule has 140 valence electrons. The summed E-state index contributed by atoms with van der Waals surface area (Å²) in [7, 11) is 0. The lowest BCUT2D eigenvalue weighted by Gasteiger charge is -2.21. The van der Waals surface area contributed by atoms with Crippen LogP contribution in [0.3, 0.4) is 0 Å². The normalized spacial score (nSPS) is 31.7. The molecule has 9 nitrogen and oxygen atoms in total. The van der Waals surface area contributed by atoms with Crippen molar-refractivity contribution in [3.63, 3.8) is 0 Å². The van der Waals surface area contributed by atoms with E-state index in [-0.39, 0.29) is 12.6 Å². The minimum atomic E-state index is -1.18. The molecule has 3 aliphatic rings. The summed E-state index contributed by atoms with van der Waals surface area (Å²) in [6, 6.07) is 10.0. The summed E-state index contributed by atoms with van der Waals surface area (Å²) < 4.78 is 7.17. The first-order valence-electron chi connectivity index (χ1n) is 8.80. The summed E-state index contributed by atoms with van der Waals surface area (Å²) in [5.41, 5.74) is 1.73. The van der Waals surface area contributed by atoms with Crippen LogP contribution in [0, 0.1) is 0 Å². The van der Waals surface area contributed by atoms with E-state index in [1.54, 1.807) is 10.9 Å². The maximum absolute atomic E-state index is 10.3. The van der Waals surface area contributed by atoms with Crippen molar-refractivity contribution in [2.45, 2.75) is 30.6 Å². The van der Waals surface area contributed by atoms with Gasteiger partial charge in [-0.3, -0.25) is 9.56 Å². The predicted molar refractivity (Wildman–Crippen MR) is 95.8 cm³/mol. The first-order valence-corrected chi connectivity index (χ1v) is 8.80. The lowest BCUT2D eigenvalue weighted by molar-refractivity contribution is -0.0519. The van der Waals surface area contributed by atoms with Crippen LogP contribution in [0.2, 0.25) is 0 Å². The molecule has 3 N–H and O–H groups in total. The standard InChI is InChI=1S/C18H19N5O4/c24-7-12-14(25)15(26)18(27-12)23-9-19-13-16(23)20-8-22-6-11(21-17(13)22)10-4-2-1-3-5-10/h1-5,8-9,11-12,14-15,18,24-26H,6-7H2/t11-,12-,14-,15-,18?/m0/s1. The molecule has 1 unspecified atom stereocenters. The molecule has 5 rings (SSSR count). The number of amidine groups is 1. The Bertz CT molecular complexity index is 912. The van der Waals surface area contributed by atoms with E-state index in [0.29, 0.717) is 18.1 Å². The Morgan fingerprint density at radius 3 is 2.70 bits per heavy atom. The molecule has 0 bridgehead atoms. The van der Waals surface area contributed by atoms with Crippen LogP contribution in [-0.4, -0.2) is 73.4 Å². The number of rotatable bonds is 3. The number of imidazole rings is 1. The summed E-state index contributed by atoms with van der Waals surface area (Å²) >= 11 is 0. The van der Waals surface area contributed by atoms with E-state index in [0.717, 1.165) is 11.4 Å². The van der Waals surface area contributed by atoms with E-state index in [1.807, 2.05) is 35.2 Å². The molecule has 1 saturated heterocycles. The average molecular weight is 369 g/mol. The second-order valence-corrected chi connectivity index (χ2v) is 6.83. The number of hydrogen-bond acceptors (Lipinski definition) is 8. The Balaban J connectivity index is 1.49. The number of aromatic nitrogens is 2. The fourth-order valence-corrected chi connectivity index (χ4v) is 3.75. The highest BCUT2D eigenvalue weighted by Gasteiger charge is 2.45. The Kier molecular flexibility index (Phi) is 3.83. The van der Waals surface area contributed by atoms with Crippen LogP contribution in [0.15, 0.2) is 46.6 Å². The lowest BCUT2D eigenvalue weighted by Crippen LogP contribution is -2.33. The zero-order chi connectivity index (χ0) is 18.5. The van der Waals surface area contributed by atoms with Gasteiger partial charge >= 0.3 is 0 Å². The van der Waals surface area contributed by atoms with E-state index in [2.05, 4.69) is 9.98 Å². The van der Waals surface area contributed by atoms with Gasteiger partial charge in [-0.05, 0) is 5.56 Å². The smallest absolute Gasteiger partial charge is 0.167 e. The van der Waals surface area contributed by atoms with Crippen LogP contribution < -0.4 is 0 Å². The number of aliphatic hydroxyl groups is 3. The molecule has 4 heterocycles. The van der Waals surface area contributed by atoms with Gasteiger partial charge in [-0.1, -0.05) is 30.3 Å². The van der Waals surface area contributed by atoms with Gasteiger partial charge in [0.25, 0.3) is 0 Å². The Hall–Kier alpha value is -2.59. The van der Waals surface area contributed by atoms with Gasteiger partial charge in [0.1, 0.15) is 18.3 Å². The minimum Gasteiger partial charge on any atom is -0.394 e. The van der Waals surface area contributed by atoms with Crippen LogP contribution in [0.25, 0.3) is 0 Å². The average Bonchev–Trinajstić information content (AvgIpc) is 3.38. The van der Waals surface area contributed by atoms with E-state index >= 15 is 0 Å². The van der Waals surface area contributed by atoms with Crippen LogP contribution in [0.4, 0.5) is 5.82 Å². The number of fused-ring (bicyclic) bond motifs is 3. The largest absolute Gasteiger partial charge is 0.394 e. The molecular weight excluding hydrogens is 350 g/mol. The number of ether oxygens (including phenoxy) is 1. The van der Waals surface area contributed by atoms with Gasteiger partial charge < -0.3 is 25.0 Å². The molecule has 5 atom stereocenters. The third kappa shape index (κ3) is 2.51. The topological polar surface area (TPSA) is 116 Å². The quantitative estimate of drug-likeness (QED) is 0.700. The summed E-state index contributed by atoms with van der Waals surface area (Å²) in [5, 5.41) is 29.6. The highest BCUT2D eigenvalue weighted by atomic mass is 16.6. The molecule has 1 aromatic carbocycles. The molecule has 0 spiro atoms. The fourth-order valence-electron chi connectivity index (χ4n) is 3.75. The highest BCUT2D eigenvalue weighted by molar-refractivity contribution is 6.09. The molecule has 1 aromatic heterocycles. The van der Waals surface area contributed by atoms with Crippen LogP contribution in [0.1, 0.15) is 23.5 Å². The van der Waals surface area contributed by atoms with Gasteiger partial charge in [-0.25, -0.2) is 9.98 Å². The third-order valence-electron chi connectivity index (χ3n) is 5.19. The highest BCUT2D eigenvalue weighted by Crippen LogP contribution is 2.37. The van der Waals surface area contributed by atoms with Crippen molar-refractivity contribution in [3.8, 4) is 0 Å². The second kappa shape index (κ2) is 6.24. The number of nitrogens with zero attached hydrogens (tertiary/aromatic N) is 5. The monoisotopic (exact) mass is 369 g/mol. The Morgan fingerprint density at radius 2 is 1.96 bits per heavy atom. The number of aliphatic hydroxyl groups excluding tert-OH is 3. The molecule has 0 saturated carbocycles. The maximum Gasteiger partial charge on any atom is 0.167 e. The number of hydrogen-bond donors (Lipinski definition) is 3. The van der Waals surface area contributed by atoms with E-state index in [9.17, 15) is 15.3 Å². The van der Waals surface area contributed by atoms with Crippen molar-refractivity contribution < 1.29 is 20.1 Å². The van der Waals surface area contributed by atoms with Crippen molar-refractivity contribution in [2.24, 2.45) is 9.98 Å². The molecule has 1 fully saturated rings. The predicted octanol–water partition coefficient (Wildman–Crippen LogP) is -0.0285. The summed E-state index contributed by atoms with van der Waals surface area (Å²) in [6.07, 6.45) is -0.861. The zero-order valence-electron chi connectivity index (χ0n) is 14.3. The van der Waals surface area contributed by atoms with Crippen LogP contribution in [0.5, 0.6) is 0 Å². The fraction of sp³-hybridized carbons (Fsp3) is 0.389. The number of benzene rings is 1. The molecule has 0 radical (unpaired) electrons.